The van der Waals surface area contributed by atoms with E-state index in [1.165, 1.54) is 6.42 Å². The van der Waals surface area contributed by atoms with Crippen molar-refractivity contribution in [1.82, 2.24) is 0 Å². The van der Waals surface area contributed by atoms with Gasteiger partial charge in [-0.3, -0.25) is 0 Å². The smallest absolute Gasteiger partial charge is 0.338 e. The Morgan fingerprint density at radius 1 is 1.42 bits per heavy atom. The first-order valence-electron chi connectivity index (χ1n) is 6.95. The van der Waals surface area contributed by atoms with E-state index in [1.54, 1.807) is 25.1 Å². The van der Waals surface area contributed by atoms with Crippen LogP contribution in [0.15, 0.2) is 18.2 Å². The number of hydrogen-bond acceptors (Lipinski definition) is 4. The molecule has 0 aliphatic heterocycles. The molecule has 1 fully saturated rings. The van der Waals surface area contributed by atoms with Gasteiger partial charge >= 0.3 is 5.97 Å². The molecule has 3 N–H and O–H groups in total. The highest BCUT2D eigenvalue weighted by molar-refractivity contribution is 5.92. The fourth-order valence-electron chi connectivity index (χ4n) is 2.46. The van der Waals surface area contributed by atoms with Gasteiger partial charge in [0.05, 0.1) is 23.5 Å². The average Bonchev–Trinajstić information content (AvgIpc) is 2.36. The fourth-order valence-corrected chi connectivity index (χ4v) is 2.46. The second-order valence-electron chi connectivity index (χ2n) is 5.13. The summed E-state index contributed by atoms with van der Waals surface area (Å²) in [6.45, 7) is 4.36. The molecule has 4 nitrogen and oxygen atoms in total. The molecule has 0 spiro atoms. The van der Waals surface area contributed by atoms with E-state index in [2.05, 4.69) is 12.2 Å². The van der Waals surface area contributed by atoms with Crippen LogP contribution in [-0.2, 0) is 4.74 Å². The van der Waals surface area contributed by atoms with Crippen molar-refractivity contribution in [2.75, 3.05) is 17.7 Å². The minimum atomic E-state index is -0.301. The maximum atomic E-state index is 11.7. The minimum absolute atomic E-state index is 0.154. The van der Waals surface area contributed by atoms with Gasteiger partial charge in [0.1, 0.15) is 0 Å². The first-order valence-corrected chi connectivity index (χ1v) is 6.95. The molecule has 1 saturated carbocycles. The SMILES string of the molecule is CCOC(=O)c1ccc(N)c(NC2(CC)CCC2)c1. The maximum absolute atomic E-state index is 11.7. The molecule has 1 aliphatic rings. The topological polar surface area (TPSA) is 64.3 Å². The largest absolute Gasteiger partial charge is 0.462 e. The van der Waals surface area contributed by atoms with Gasteiger partial charge in [-0.05, 0) is 50.8 Å². The standard InChI is InChI=1S/C15H22N2O2/c1-3-15(8-5-9-15)17-13-10-11(6-7-12(13)16)14(18)19-4-2/h6-7,10,17H,3-5,8-9,16H2,1-2H3. The van der Waals surface area contributed by atoms with Crippen LogP contribution >= 0.6 is 0 Å². The molecule has 0 atom stereocenters. The molecule has 0 amide bonds. The van der Waals surface area contributed by atoms with E-state index in [-0.39, 0.29) is 11.5 Å². The highest BCUT2D eigenvalue weighted by Gasteiger charge is 2.35. The zero-order valence-corrected chi connectivity index (χ0v) is 11.7. The number of carbonyl (C=O) groups is 1. The summed E-state index contributed by atoms with van der Waals surface area (Å²) in [5.41, 5.74) is 8.20. The Morgan fingerprint density at radius 2 is 2.16 bits per heavy atom. The number of hydrogen-bond donors (Lipinski definition) is 2. The van der Waals surface area contributed by atoms with Crippen molar-refractivity contribution >= 4 is 17.3 Å². The average molecular weight is 262 g/mol. The van der Waals surface area contributed by atoms with Crippen molar-refractivity contribution in [2.24, 2.45) is 0 Å². The second kappa shape index (κ2) is 5.51. The summed E-state index contributed by atoms with van der Waals surface area (Å²) in [6.07, 6.45) is 4.63. The number of esters is 1. The van der Waals surface area contributed by atoms with E-state index in [1.807, 2.05) is 0 Å². The summed E-state index contributed by atoms with van der Waals surface area (Å²) >= 11 is 0. The molecule has 4 heteroatoms. The molecule has 0 heterocycles. The van der Waals surface area contributed by atoms with E-state index in [0.717, 1.165) is 24.9 Å². The summed E-state index contributed by atoms with van der Waals surface area (Å²) in [7, 11) is 0. The van der Waals surface area contributed by atoms with Crippen LogP contribution in [0.1, 0.15) is 49.9 Å². The molecule has 0 radical (unpaired) electrons. The van der Waals surface area contributed by atoms with E-state index in [0.29, 0.717) is 17.9 Å². The first-order chi connectivity index (χ1) is 9.10. The molecule has 19 heavy (non-hydrogen) atoms. The highest BCUT2D eigenvalue weighted by Crippen LogP contribution is 2.39. The zero-order valence-electron chi connectivity index (χ0n) is 11.7. The number of nitrogen functional groups attached to an aromatic ring is 1. The van der Waals surface area contributed by atoms with Gasteiger partial charge in [-0.15, -0.1) is 0 Å². The van der Waals surface area contributed by atoms with Crippen molar-refractivity contribution in [3.63, 3.8) is 0 Å². The van der Waals surface area contributed by atoms with Gasteiger partial charge in [0, 0.05) is 5.54 Å². The minimum Gasteiger partial charge on any atom is -0.462 e. The molecule has 2 rings (SSSR count). The van der Waals surface area contributed by atoms with Crippen molar-refractivity contribution in [2.45, 2.75) is 45.1 Å². The van der Waals surface area contributed by atoms with Crippen molar-refractivity contribution < 1.29 is 9.53 Å². The van der Waals surface area contributed by atoms with Gasteiger partial charge in [0.2, 0.25) is 0 Å². The third kappa shape index (κ3) is 2.83. The van der Waals surface area contributed by atoms with E-state index >= 15 is 0 Å². The molecule has 0 aromatic heterocycles. The van der Waals surface area contributed by atoms with Crippen LogP contribution in [-0.4, -0.2) is 18.1 Å². The lowest BCUT2D eigenvalue weighted by Crippen LogP contribution is -2.44. The summed E-state index contributed by atoms with van der Waals surface area (Å²) in [6, 6.07) is 5.26. The summed E-state index contributed by atoms with van der Waals surface area (Å²) in [4.78, 5) is 11.7. The fraction of sp³-hybridized carbons (Fsp3) is 0.533. The molecule has 1 aromatic carbocycles. The maximum Gasteiger partial charge on any atom is 0.338 e. The normalized spacial score (nSPS) is 16.5. The predicted octanol–water partition coefficient (Wildman–Crippen LogP) is 3.19. The van der Waals surface area contributed by atoms with Crippen molar-refractivity contribution in [3.8, 4) is 0 Å². The van der Waals surface area contributed by atoms with Gasteiger partial charge < -0.3 is 15.8 Å². The lowest BCUT2D eigenvalue weighted by atomic mass is 9.74. The summed E-state index contributed by atoms with van der Waals surface area (Å²) in [5, 5.41) is 3.51. The number of carbonyl (C=O) groups excluding carboxylic acids is 1. The Labute approximate surface area is 114 Å². The van der Waals surface area contributed by atoms with Gasteiger partial charge in [0.25, 0.3) is 0 Å². The molecule has 1 aromatic rings. The number of rotatable bonds is 5. The van der Waals surface area contributed by atoms with Crippen LogP contribution in [0.2, 0.25) is 0 Å². The number of anilines is 2. The van der Waals surface area contributed by atoms with E-state index < -0.39 is 0 Å². The number of nitrogens with one attached hydrogen (secondary N) is 1. The van der Waals surface area contributed by atoms with Gasteiger partial charge in [0.15, 0.2) is 0 Å². The molecule has 0 bridgehead atoms. The zero-order chi connectivity index (χ0) is 13.9. The third-order valence-corrected chi connectivity index (χ3v) is 3.95. The van der Waals surface area contributed by atoms with E-state index in [9.17, 15) is 4.79 Å². The first kappa shape index (κ1) is 13.7. The summed E-state index contributed by atoms with van der Waals surface area (Å²) in [5.74, 6) is -0.301. The Bertz CT molecular complexity index is 462. The Morgan fingerprint density at radius 3 is 2.68 bits per heavy atom. The summed E-state index contributed by atoms with van der Waals surface area (Å²) < 4.78 is 5.01. The third-order valence-electron chi connectivity index (χ3n) is 3.95. The predicted molar refractivity (Wildman–Crippen MR) is 77.3 cm³/mol. The van der Waals surface area contributed by atoms with E-state index in [4.69, 9.17) is 10.5 Å². The Kier molecular flexibility index (Phi) is 3.98. The van der Waals surface area contributed by atoms with Crippen LogP contribution < -0.4 is 11.1 Å². The number of benzene rings is 1. The van der Waals surface area contributed by atoms with Crippen LogP contribution in [0.5, 0.6) is 0 Å². The van der Waals surface area contributed by atoms with Crippen molar-refractivity contribution in [3.05, 3.63) is 23.8 Å². The van der Waals surface area contributed by atoms with Crippen LogP contribution in [0.25, 0.3) is 0 Å². The van der Waals surface area contributed by atoms with Crippen LogP contribution in [0, 0.1) is 0 Å². The van der Waals surface area contributed by atoms with Gasteiger partial charge in [-0.1, -0.05) is 6.92 Å². The van der Waals surface area contributed by atoms with Crippen LogP contribution in [0.4, 0.5) is 11.4 Å². The Balaban J connectivity index is 2.19. The monoisotopic (exact) mass is 262 g/mol. The molecule has 104 valence electrons. The van der Waals surface area contributed by atoms with Gasteiger partial charge in [-0.2, -0.15) is 0 Å². The Hall–Kier alpha value is -1.71. The highest BCUT2D eigenvalue weighted by atomic mass is 16.5. The number of nitrogens with two attached hydrogens (primary N) is 1. The molecular weight excluding hydrogens is 240 g/mol. The second-order valence-corrected chi connectivity index (χ2v) is 5.13. The quantitative estimate of drug-likeness (QED) is 0.632. The molecule has 0 saturated heterocycles. The molecular formula is C15H22N2O2. The van der Waals surface area contributed by atoms with Gasteiger partial charge in [-0.25, -0.2) is 4.79 Å². The van der Waals surface area contributed by atoms with Crippen LogP contribution in [0.3, 0.4) is 0 Å². The lowest BCUT2D eigenvalue weighted by molar-refractivity contribution is 0.0526. The molecule has 0 unspecified atom stereocenters. The lowest BCUT2D eigenvalue weighted by Gasteiger charge is -2.43. The number of ether oxygens (including phenoxy) is 1. The van der Waals surface area contributed by atoms with Crippen molar-refractivity contribution in [1.29, 1.82) is 0 Å². The molecule has 1 aliphatic carbocycles.